The lowest BCUT2D eigenvalue weighted by Gasteiger charge is -2.18. The fourth-order valence-corrected chi connectivity index (χ4v) is 3.66. The van der Waals surface area contributed by atoms with E-state index in [4.69, 9.17) is 0 Å². The third kappa shape index (κ3) is 5.33. The van der Waals surface area contributed by atoms with Crippen LogP contribution in [-0.4, -0.2) is 28.7 Å². The van der Waals surface area contributed by atoms with Gasteiger partial charge in [0.15, 0.2) is 0 Å². The lowest BCUT2D eigenvalue weighted by Crippen LogP contribution is -2.26. The maximum Gasteiger partial charge on any atom is 0.255 e. The van der Waals surface area contributed by atoms with Crippen LogP contribution < -0.4 is 5.32 Å². The molecule has 4 aromatic rings. The molecule has 1 heterocycles. The fourth-order valence-electron chi connectivity index (χ4n) is 3.66. The predicted molar refractivity (Wildman–Crippen MR) is 131 cm³/mol. The van der Waals surface area contributed by atoms with Gasteiger partial charge in [-0.1, -0.05) is 48.5 Å². The van der Waals surface area contributed by atoms with Crippen LogP contribution in [0.4, 0.5) is 5.69 Å². The van der Waals surface area contributed by atoms with Crippen molar-refractivity contribution in [3.63, 3.8) is 0 Å². The van der Waals surface area contributed by atoms with Crippen LogP contribution in [0.25, 0.3) is 11.1 Å². The predicted octanol–water partition coefficient (Wildman–Crippen LogP) is 5.58. The molecule has 1 N–H and O–H groups in total. The van der Waals surface area contributed by atoms with Crippen LogP contribution in [0.2, 0.25) is 0 Å². The number of rotatable bonds is 6. The Kier molecular flexibility index (Phi) is 6.60. The molecule has 0 unspecified atom stereocenters. The topological polar surface area (TPSA) is 62.3 Å². The molecule has 0 saturated carbocycles. The first-order valence-electron chi connectivity index (χ1n) is 10.7. The van der Waals surface area contributed by atoms with Gasteiger partial charge < -0.3 is 10.2 Å². The highest BCUT2D eigenvalue weighted by Crippen LogP contribution is 2.27. The Morgan fingerprint density at radius 1 is 0.848 bits per heavy atom. The number of amides is 2. The van der Waals surface area contributed by atoms with Crippen LogP contribution in [0.1, 0.15) is 31.8 Å². The Balaban J connectivity index is 1.49. The summed E-state index contributed by atoms with van der Waals surface area (Å²) in [4.78, 5) is 31.0. The minimum absolute atomic E-state index is 0.0273. The molecule has 5 heteroatoms. The first kappa shape index (κ1) is 22.0. The molecule has 0 atom stereocenters. The van der Waals surface area contributed by atoms with Gasteiger partial charge in [-0.25, -0.2) is 0 Å². The van der Waals surface area contributed by atoms with E-state index < -0.39 is 0 Å². The highest BCUT2D eigenvalue weighted by atomic mass is 16.2. The largest absolute Gasteiger partial charge is 0.337 e. The summed E-state index contributed by atoms with van der Waals surface area (Å²) in [5.41, 5.74) is 6.05. The first-order valence-corrected chi connectivity index (χ1v) is 10.7. The van der Waals surface area contributed by atoms with Crippen molar-refractivity contribution in [3.8, 4) is 11.1 Å². The van der Waals surface area contributed by atoms with Gasteiger partial charge in [0, 0.05) is 42.8 Å². The lowest BCUT2D eigenvalue weighted by atomic mass is 9.98. The van der Waals surface area contributed by atoms with E-state index in [1.165, 1.54) is 0 Å². The molecule has 164 valence electrons. The zero-order chi connectivity index (χ0) is 23.2. The highest BCUT2D eigenvalue weighted by molar-refractivity contribution is 6.04. The summed E-state index contributed by atoms with van der Waals surface area (Å²) < 4.78 is 0. The van der Waals surface area contributed by atoms with Crippen molar-refractivity contribution in [2.45, 2.75) is 13.5 Å². The summed E-state index contributed by atoms with van der Waals surface area (Å²) >= 11 is 0. The number of anilines is 1. The van der Waals surface area contributed by atoms with Gasteiger partial charge in [-0.3, -0.25) is 14.6 Å². The molecule has 0 saturated heterocycles. The summed E-state index contributed by atoms with van der Waals surface area (Å²) in [6, 6.07) is 26.7. The Bertz CT molecular complexity index is 1250. The van der Waals surface area contributed by atoms with Crippen molar-refractivity contribution in [1.29, 1.82) is 0 Å². The minimum Gasteiger partial charge on any atom is -0.337 e. The highest BCUT2D eigenvalue weighted by Gasteiger charge is 2.13. The second kappa shape index (κ2) is 9.92. The maximum absolute atomic E-state index is 12.8. The van der Waals surface area contributed by atoms with Crippen molar-refractivity contribution in [1.82, 2.24) is 9.88 Å². The van der Waals surface area contributed by atoms with Crippen molar-refractivity contribution in [2.24, 2.45) is 0 Å². The first-order chi connectivity index (χ1) is 16.0. The molecule has 5 nitrogen and oxygen atoms in total. The zero-order valence-electron chi connectivity index (χ0n) is 18.7. The number of hydrogen-bond donors (Lipinski definition) is 1. The number of hydrogen-bond acceptors (Lipinski definition) is 3. The monoisotopic (exact) mass is 435 g/mol. The standard InChI is InChI=1S/C28H25N3O2/c1-20-8-13-25(30-27(32)23-14-16-29-17-15-23)18-26(20)22-9-11-24(12-10-22)28(33)31(2)19-21-6-4-3-5-7-21/h3-18H,19H2,1-2H3,(H,30,32). The van der Waals surface area contributed by atoms with E-state index in [9.17, 15) is 9.59 Å². The Labute approximate surface area is 193 Å². The molecule has 0 spiro atoms. The number of carbonyl (C=O) groups excluding carboxylic acids is 2. The van der Waals surface area contributed by atoms with Crippen molar-refractivity contribution >= 4 is 17.5 Å². The number of aryl methyl sites for hydroxylation is 1. The molecule has 0 aliphatic heterocycles. The Morgan fingerprint density at radius 3 is 2.24 bits per heavy atom. The number of benzene rings is 3. The van der Waals surface area contributed by atoms with Crippen molar-refractivity contribution in [2.75, 3.05) is 12.4 Å². The SMILES string of the molecule is Cc1ccc(NC(=O)c2ccncc2)cc1-c1ccc(C(=O)N(C)Cc2ccccc2)cc1. The molecule has 4 rings (SSSR count). The van der Waals surface area contributed by atoms with Crippen LogP contribution in [-0.2, 0) is 6.54 Å². The van der Waals surface area contributed by atoms with Crippen LogP contribution >= 0.6 is 0 Å². The third-order valence-corrected chi connectivity index (χ3v) is 5.49. The molecule has 2 amide bonds. The third-order valence-electron chi connectivity index (χ3n) is 5.49. The molecule has 0 bridgehead atoms. The van der Waals surface area contributed by atoms with Crippen LogP contribution in [0.3, 0.4) is 0 Å². The fraction of sp³-hybridized carbons (Fsp3) is 0.107. The van der Waals surface area contributed by atoms with Gasteiger partial charge in [-0.15, -0.1) is 0 Å². The van der Waals surface area contributed by atoms with Crippen molar-refractivity contribution in [3.05, 3.63) is 120 Å². The molecular weight excluding hydrogens is 410 g/mol. The van der Waals surface area contributed by atoms with Gasteiger partial charge in [-0.05, 0) is 65.6 Å². The smallest absolute Gasteiger partial charge is 0.255 e. The van der Waals surface area contributed by atoms with E-state index in [-0.39, 0.29) is 11.8 Å². The second-order valence-corrected chi connectivity index (χ2v) is 7.94. The van der Waals surface area contributed by atoms with Gasteiger partial charge in [0.2, 0.25) is 0 Å². The summed E-state index contributed by atoms with van der Waals surface area (Å²) in [6.45, 7) is 2.58. The maximum atomic E-state index is 12.8. The second-order valence-electron chi connectivity index (χ2n) is 7.94. The normalized spacial score (nSPS) is 10.5. The van der Waals surface area contributed by atoms with Crippen molar-refractivity contribution < 1.29 is 9.59 Å². The molecule has 1 aromatic heterocycles. The number of carbonyl (C=O) groups is 2. The van der Waals surface area contributed by atoms with E-state index in [0.717, 1.165) is 22.3 Å². The molecule has 3 aromatic carbocycles. The molecule has 0 aliphatic rings. The van der Waals surface area contributed by atoms with E-state index >= 15 is 0 Å². The van der Waals surface area contributed by atoms with Crippen LogP contribution in [0, 0.1) is 6.92 Å². The van der Waals surface area contributed by atoms with E-state index in [2.05, 4.69) is 10.3 Å². The lowest BCUT2D eigenvalue weighted by molar-refractivity contribution is 0.0785. The molecule has 33 heavy (non-hydrogen) atoms. The Hall–Kier alpha value is -4.25. The van der Waals surface area contributed by atoms with E-state index in [1.54, 1.807) is 29.4 Å². The number of aromatic nitrogens is 1. The van der Waals surface area contributed by atoms with Gasteiger partial charge in [-0.2, -0.15) is 0 Å². The number of nitrogens with one attached hydrogen (secondary N) is 1. The average molecular weight is 436 g/mol. The van der Waals surface area contributed by atoms with Crippen LogP contribution in [0.15, 0.2) is 97.3 Å². The quantitative estimate of drug-likeness (QED) is 0.430. The van der Waals surface area contributed by atoms with Gasteiger partial charge >= 0.3 is 0 Å². The summed E-state index contributed by atoms with van der Waals surface area (Å²) in [6.07, 6.45) is 3.19. The average Bonchev–Trinajstić information content (AvgIpc) is 2.86. The number of pyridine rings is 1. The van der Waals surface area contributed by atoms with E-state index in [1.807, 2.05) is 86.8 Å². The summed E-state index contributed by atoms with van der Waals surface area (Å²) in [5, 5.41) is 2.94. The molecule has 0 radical (unpaired) electrons. The minimum atomic E-state index is -0.186. The zero-order valence-corrected chi connectivity index (χ0v) is 18.7. The molecule has 0 aliphatic carbocycles. The molecule has 0 fully saturated rings. The van der Waals surface area contributed by atoms with Crippen LogP contribution in [0.5, 0.6) is 0 Å². The van der Waals surface area contributed by atoms with Gasteiger partial charge in [0.1, 0.15) is 0 Å². The summed E-state index contributed by atoms with van der Waals surface area (Å²) in [7, 11) is 1.81. The molecular formula is C28H25N3O2. The van der Waals surface area contributed by atoms with E-state index in [0.29, 0.717) is 23.4 Å². The summed E-state index contributed by atoms with van der Waals surface area (Å²) in [5.74, 6) is -0.213. The number of nitrogens with zero attached hydrogens (tertiary/aromatic N) is 2. The van der Waals surface area contributed by atoms with Gasteiger partial charge in [0.25, 0.3) is 11.8 Å². The Morgan fingerprint density at radius 2 is 1.55 bits per heavy atom. The van der Waals surface area contributed by atoms with Gasteiger partial charge in [0.05, 0.1) is 0 Å².